The number of thioether (sulfide) groups is 2. The van der Waals surface area contributed by atoms with Crippen molar-refractivity contribution < 1.29 is 0 Å². The van der Waals surface area contributed by atoms with Crippen molar-refractivity contribution in [2.75, 3.05) is 24.8 Å². The van der Waals surface area contributed by atoms with E-state index in [0.29, 0.717) is 0 Å². The van der Waals surface area contributed by atoms with Gasteiger partial charge in [0, 0.05) is 22.9 Å². The van der Waals surface area contributed by atoms with Crippen LogP contribution in [0.4, 0.5) is 0 Å². The maximum Gasteiger partial charge on any atom is 0.0202 e. The molecule has 0 spiro atoms. The molecule has 0 atom stereocenters. The van der Waals surface area contributed by atoms with Gasteiger partial charge in [-0.1, -0.05) is 12.1 Å². The van der Waals surface area contributed by atoms with Gasteiger partial charge in [0.05, 0.1) is 0 Å². The molecule has 0 fully saturated rings. The molecule has 1 nitrogen and oxygen atoms in total. The van der Waals surface area contributed by atoms with E-state index >= 15 is 0 Å². The van der Waals surface area contributed by atoms with Crippen LogP contribution in [0.2, 0.25) is 0 Å². The minimum atomic E-state index is 0.955. The van der Waals surface area contributed by atoms with Crippen molar-refractivity contribution in [2.45, 2.75) is 11.4 Å². The van der Waals surface area contributed by atoms with Gasteiger partial charge in [0.15, 0.2) is 0 Å². The third-order valence-corrected chi connectivity index (χ3v) is 3.70. The molecule has 0 bridgehead atoms. The molecule has 0 heterocycles. The molecular formula is C11H17NS2. The molecule has 0 aliphatic rings. The summed E-state index contributed by atoms with van der Waals surface area (Å²) in [7, 11) is 1.98. The summed E-state index contributed by atoms with van der Waals surface area (Å²) in [6.07, 6.45) is 2.15. The molecule has 0 aliphatic heterocycles. The van der Waals surface area contributed by atoms with Gasteiger partial charge in [0.25, 0.3) is 0 Å². The molecule has 0 saturated heterocycles. The average Bonchev–Trinajstić information content (AvgIpc) is 2.19. The summed E-state index contributed by atoms with van der Waals surface area (Å²) in [6.45, 7) is 0.955. The van der Waals surface area contributed by atoms with Gasteiger partial charge in [-0.05, 0) is 31.0 Å². The zero-order valence-electron chi connectivity index (χ0n) is 8.75. The Morgan fingerprint density at radius 3 is 2.86 bits per heavy atom. The van der Waals surface area contributed by atoms with Gasteiger partial charge in [0.1, 0.15) is 0 Å². The SMILES string of the molecule is CNCc1cccc(SCCSC)c1. The highest BCUT2D eigenvalue weighted by atomic mass is 32.2. The van der Waals surface area contributed by atoms with Gasteiger partial charge >= 0.3 is 0 Å². The van der Waals surface area contributed by atoms with Crippen LogP contribution in [0, 0.1) is 0 Å². The molecule has 1 rings (SSSR count). The second-order valence-corrected chi connectivity index (χ2v) is 5.17. The van der Waals surface area contributed by atoms with E-state index in [1.54, 1.807) is 0 Å². The quantitative estimate of drug-likeness (QED) is 0.593. The highest BCUT2D eigenvalue weighted by Gasteiger charge is 1.95. The third kappa shape index (κ3) is 4.40. The van der Waals surface area contributed by atoms with Crippen LogP contribution < -0.4 is 5.32 Å². The van der Waals surface area contributed by atoms with E-state index in [1.807, 2.05) is 30.6 Å². The predicted octanol–water partition coefficient (Wildman–Crippen LogP) is 2.86. The van der Waals surface area contributed by atoms with Crippen LogP contribution >= 0.6 is 23.5 Å². The number of benzene rings is 1. The van der Waals surface area contributed by atoms with Crippen LogP contribution in [0.3, 0.4) is 0 Å². The third-order valence-electron chi connectivity index (χ3n) is 1.84. The van der Waals surface area contributed by atoms with Crippen LogP contribution in [0.1, 0.15) is 5.56 Å². The smallest absolute Gasteiger partial charge is 0.0202 e. The largest absolute Gasteiger partial charge is 0.316 e. The Kier molecular flexibility index (Phi) is 6.15. The fourth-order valence-electron chi connectivity index (χ4n) is 1.19. The standard InChI is InChI=1S/C11H17NS2/c1-12-9-10-4-3-5-11(8-10)14-7-6-13-2/h3-5,8,12H,6-7,9H2,1-2H3. The Morgan fingerprint density at radius 1 is 1.29 bits per heavy atom. The Morgan fingerprint density at radius 2 is 2.14 bits per heavy atom. The van der Waals surface area contributed by atoms with Gasteiger partial charge in [-0.2, -0.15) is 11.8 Å². The van der Waals surface area contributed by atoms with Crippen LogP contribution in [-0.4, -0.2) is 24.8 Å². The molecule has 14 heavy (non-hydrogen) atoms. The molecule has 0 aromatic heterocycles. The zero-order valence-corrected chi connectivity index (χ0v) is 10.4. The van der Waals surface area contributed by atoms with Gasteiger partial charge in [-0.25, -0.2) is 0 Å². The molecule has 0 saturated carbocycles. The second kappa shape index (κ2) is 7.21. The lowest BCUT2D eigenvalue weighted by molar-refractivity contribution is 0.815. The van der Waals surface area contributed by atoms with Crippen LogP contribution in [-0.2, 0) is 6.54 Å². The van der Waals surface area contributed by atoms with Gasteiger partial charge < -0.3 is 5.32 Å². The molecule has 1 aromatic rings. The molecule has 0 aliphatic carbocycles. The lowest BCUT2D eigenvalue weighted by Gasteiger charge is -2.04. The molecule has 78 valence electrons. The van der Waals surface area contributed by atoms with Crippen molar-refractivity contribution in [2.24, 2.45) is 0 Å². The van der Waals surface area contributed by atoms with E-state index < -0.39 is 0 Å². The Balaban J connectivity index is 2.46. The van der Waals surface area contributed by atoms with Crippen LogP contribution in [0.5, 0.6) is 0 Å². The van der Waals surface area contributed by atoms with Crippen molar-refractivity contribution >= 4 is 23.5 Å². The minimum absolute atomic E-state index is 0.955. The van der Waals surface area contributed by atoms with Crippen molar-refractivity contribution in [1.29, 1.82) is 0 Å². The summed E-state index contributed by atoms with van der Waals surface area (Å²) < 4.78 is 0. The van der Waals surface area contributed by atoms with Crippen molar-refractivity contribution in [3.8, 4) is 0 Å². The summed E-state index contributed by atoms with van der Waals surface area (Å²) in [4.78, 5) is 1.38. The summed E-state index contributed by atoms with van der Waals surface area (Å²) in [5.41, 5.74) is 1.36. The van der Waals surface area contributed by atoms with Gasteiger partial charge in [-0.15, -0.1) is 11.8 Å². The van der Waals surface area contributed by atoms with E-state index in [-0.39, 0.29) is 0 Å². The minimum Gasteiger partial charge on any atom is -0.316 e. The summed E-state index contributed by atoms with van der Waals surface area (Å²) in [5, 5.41) is 3.17. The van der Waals surface area contributed by atoms with E-state index in [4.69, 9.17) is 0 Å². The molecular weight excluding hydrogens is 210 g/mol. The normalized spacial score (nSPS) is 10.4. The van der Waals surface area contributed by atoms with Gasteiger partial charge in [-0.3, -0.25) is 0 Å². The van der Waals surface area contributed by atoms with Crippen molar-refractivity contribution in [3.05, 3.63) is 29.8 Å². The highest BCUT2D eigenvalue weighted by molar-refractivity contribution is 8.02. The number of hydrogen-bond donors (Lipinski definition) is 1. The predicted molar refractivity (Wildman–Crippen MR) is 68.3 cm³/mol. The van der Waals surface area contributed by atoms with E-state index in [0.717, 1.165) is 6.54 Å². The molecule has 1 aromatic carbocycles. The first-order valence-electron chi connectivity index (χ1n) is 4.72. The highest BCUT2D eigenvalue weighted by Crippen LogP contribution is 2.19. The number of hydrogen-bond acceptors (Lipinski definition) is 3. The molecule has 1 N–H and O–H groups in total. The molecule has 0 unspecified atom stereocenters. The number of nitrogens with one attached hydrogen (secondary N) is 1. The second-order valence-electron chi connectivity index (χ2n) is 3.02. The van der Waals surface area contributed by atoms with E-state index in [2.05, 4.69) is 35.8 Å². The fraction of sp³-hybridized carbons (Fsp3) is 0.455. The first-order valence-corrected chi connectivity index (χ1v) is 7.10. The zero-order chi connectivity index (χ0) is 10.2. The fourth-order valence-corrected chi connectivity index (χ4v) is 2.84. The topological polar surface area (TPSA) is 12.0 Å². The van der Waals surface area contributed by atoms with Gasteiger partial charge in [0.2, 0.25) is 0 Å². The maximum absolute atomic E-state index is 3.17. The molecule has 3 heteroatoms. The monoisotopic (exact) mass is 227 g/mol. The summed E-state index contributed by atoms with van der Waals surface area (Å²) in [5.74, 6) is 2.42. The summed E-state index contributed by atoms with van der Waals surface area (Å²) >= 11 is 3.84. The van der Waals surface area contributed by atoms with Crippen LogP contribution in [0.25, 0.3) is 0 Å². The van der Waals surface area contributed by atoms with E-state index in [1.165, 1.54) is 22.0 Å². The van der Waals surface area contributed by atoms with Crippen LogP contribution in [0.15, 0.2) is 29.2 Å². The Hall–Kier alpha value is -0.120. The first kappa shape index (κ1) is 12.0. The average molecular weight is 227 g/mol. The number of rotatable bonds is 6. The lowest BCUT2D eigenvalue weighted by atomic mass is 10.2. The summed E-state index contributed by atoms with van der Waals surface area (Å²) in [6, 6.07) is 8.74. The van der Waals surface area contributed by atoms with E-state index in [9.17, 15) is 0 Å². The lowest BCUT2D eigenvalue weighted by Crippen LogP contribution is -2.04. The first-order chi connectivity index (χ1) is 6.86. The van der Waals surface area contributed by atoms with Crippen molar-refractivity contribution in [1.82, 2.24) is 5.32 Å². The maximum atomic E-state index is 3.17. The van der Waals surface area contributed by atoms with Crippen molar-refractivity contribution in [3.63, 3.8) is 0 Å². The molecule has 0 radical (unpaired) electrons. The molecule has 0 amide bonds. The Bertz CT molecular complexity index is 263. The Labute approximate surface area is 95.1 Å².